The van der Waals surface area contributed by atoms with Gasteiger partial charge in [-0.1, -0.05) is 15.9 Å². The summed E-state index contributed by atoms with van der Waals surface area (Å²) >= 11 is 3.44. The summed E-state index contributed by atoms with van der Waals surface area (Å²) in [5, 5.41) is 8.92. The molecule has 5 heteroatoms. The number of carboxylic acid groups (broad SMARTS) is 1. The van der Waals surface area contributed by atoms with E-state index in [2.05, 4.69) is 15.9 Å². The Morgan fingerprint density at radius 2 is 2.32 bits per heavy atom. The number of carbonyl (C=O) groups is 1. The molecule has 0 saturated heterocycles. The van der Waals surface area contributed by atoms with E-state index in [-0.39, 0.29) is 0 Å². The molecule has 19 heavy (non-hydrogen) atoms. The molecule has 1 aliphatic rings. The molecule has 0 bridgehead atoms. The molecule has 0 heterocycles. The molecule has 0 radical (unpaired) electrons. The summed E-state index contributed by atoms with van der Waals surface area (Å²) in [4.78, 5) is 10.9. The number of halogens is 1. The summed E-state index contributed by atoms with van der Waals surface area (Å²) in [5.74, 6) is 0.593. The van der Waals surface area contributed by atoms with E-state index in [9.17, 15) is 4.79 Å². The standard InChI is InChI=1S/C14H17BrO4/c1-8(14(16)17)19-13-4-3-10(15)6-12(13)11-5-9(11)7-18-2/h3-4,6,8-9,11H,5,7H2,1-2H3,(H,16,17). The highest BCUT2D eigenvalue weighted by molar-refractivity contribution is 9.10. The van der Waals surface area contributed by atoms with Gasteiger partial charge in [0.25, 0.3) is 0 Å². The third kappa shape index (κ3) is 3.48. The number of aliphatic carboxylic acids is 1. The molecular formula is C14H17BrO4. The minimum Gasteiger partial charge on any atom is -0.479 e. The molecule has 0 aliphatic heterocycles. The van der Waals surface area contributed by atoms with Gasteiger partial charge in [0.2, 0.25) is 0 Å². The Labute approximate surface area is 120 Å². The second-order valence-electron chi connectivity index (χ2n) is 4.84. The molecule has 104 valence electrons. The molecule has 1 N–H and O–H groups in total. The van der Waals surface area contributed by atoms with E-state index >= 15 is 0 Å². The Morgan fingerprint density at radius 3 is 2.95 bits per heavy atom. The molecule has 0 aromatic heterocycles. The van der Waals surface area contributed by atoms with Gasteiger partial charge in [0.15, 0.2) is 6.10 Å². The van der Waals surface area contributed by atoms with Gasteiger partial charge < -0.3 is 14.6 Å². The Balaban J connectivity index is 2.17. The lowest BCUT2D eigenvalue weighted by molar-refractivity contribution is -0.144. The van der Waals surface area contributed by atoms with Crippen LogP contribution in [0.1, 0.15) is 24.8 Å². The van der Waals surface area contributed by atoms with Gasteiger partial charge in [0.05, 0.1) is 0 Å². The van der Waals surface area contributed by atoms with Gasteiger partial charge in [0.1, 0.15) is 5.75 Å². The average Bonchev–Trinajstić information content (AvgIpc) is 3.11. The van der Waals surface area contributed by atoms with Gasteiger partial charge in [-0.2, -0.15) is 0 Å². The van der Waals surface area contributed by atoms with Gasteiger partial charge in [-0.25, -0.2) is 4.79 Å². The quantitative estimate of drug-likeness (QED) is 0.871. The van der Waals surface area contributed by atoms with Crippen LogP contribution in [0.4, 0.5) is 0 Å². The SMILES string of the molecule is COCC1CC1c1cc(Br)ccc1OC(C)C(=O)O. The van der Waals surface area contributed by atoms with Crippen molar-refractivity contribution in [3.8, 4) is 5.75 Å². The first-order chi connectivity index (χ1) is 9.02. The Kier molecular flexibility index (Phi) is 4.47. The maximum absolute atomic E-state index is 10.9. The predicted molar refractivity (Wildman–Crippen MR) is 74.6 cm³/mol. The molecular weight excluding hydrogens is 312 g/mol. The summed E-state index contributed by atoms with van der Waals surface area (Å²) < 4.78 is 11.7. The highest BCUT2D eigenvalue weighted by atomic mass is 79.9. The van der Waals surface area contributed by atoms with E-state index in [0.717, 1.165) is 23.1 Å². The lowest BCUT2D eigenvalue weighted by Gasteiger charge is -2.15. The van der Waals surface area contributed by atoms with E-state index < -0.39 is 12.1 Å². The average molecular weight is 329 g/mol. The minimum absolute atomic E-state index is 0.397. The maximum Gasteiger partial charge on any atom is 0.344 e. The molecule has 0 spiro atoms. The summed E-state index contributed by atoms with van der Waals surface area (Å²) in [6.45, 7) is 2.26. The first-order valence-corrected chi connectivity index (χ1v) is 7.00. The van der Waals surface area contributed by atoms with Crippen molar-refractivity contribution in [2.24, 2.45) is 5.92 Å². The van der Waals surface area contributed by atoms with Crippen molar-refractivity contribution in [2.45, 2.75) is 25.4 Å². The fourth-order valence-corrected chi connectivity index (χ4v) is 2.56. The third-order valence-corrected chi connectivity index (χ3v) is 3.82. The molecule has 1 fully saturated rings. The summed E-state index contributed by atoms with van der Waals surface area (Å²) in [7, 11) is 1.69. The second kappa shape index (κ2) is 5.92. The molecule has 2 rings (SSSR count). The maximum atomic E-state index is 10.9. The molecule has 4 nitrogen and oxygen atoms in total. The monoisotopic (exact) mass is 328 g/mol. The van der Waals surface area contributed by atoms with Gasteiger partial charge >= 0.3 is 5.97 Å². The molecule has 1 aromatic rings. The minimum atomic E-state index is -0.960. The van der Waals surface area contributed by atoms with Crippen LogP contribution in [-0.4, -0.2) is 30.9 Å². The lowest BCUT2D eigenvalue weighted by atomic mass is 10.1. The Bertz CT molecular complexity index is 475. The van der Waals surface area contributed by atoms with Crippen molar-refractivity contribution in [3.63, 3.8) is 0 Å². The number of hydrogen-bond acceptors (Lipinski definition) is 3. The van der Waals surface area contributed by atoms with Crippen molar-refractivity contribution in [3.05, 3.63) is 28.2 Å². The van der Waals surface area contributed by atoms with Crippen molar-refractivity contribution < 1.29 is 19.4 Å². The van der Waals surface area contributed by atoms with E-state index in [0.29, 0.717) is 17.6 Å². The van der Waals surface area contributed by atoms with Crippen molar-refractivity contribution in [1.82, 2.24) is 0 Å². The van der Waals surface area contributed by atoms with Crippen LogP contribution in [0.2, 0.25) is 0 Å². The smallest absolute Gasteiger partial charge is 0.344 e. The number of carboxylic acids is 1. The van der Waals surface area contributed by atoms with Crippen LogP contribution in [0.3, 0.4) is 0 Å². The Hall–Kier alpha value is -1.07. The van der Waals surface area contributed by atoms with Crippen LogP contribution in [0.25, 0.3) is 0 Å². The van der Waals surface area contributed by atoms with E-state index in [4.69, 9.17) is 14.6 Å². The Morgan fingerprint density at radius 1 is 1.58 bits per heavy atom. The highest BCUT2D eigenvalue weighted by Crippen LogP contribution is 2.51. The van der Waals surface area contributed by atoms with Gasteiger partial charge in [-0.05, 0) is 48.9 Å². The largest absolute Gasteiger partial charge is 0.479 e. The summed E-state index contributed by atoms with van der Waals surface area (Å²) in [5.41, 5.74) is 1.06. The van der Waals surface area contributed by atoms with Crippen LogP contribution in [0.15, 0.2) is 22.7 Å². The van der Waals surface area contributed by atoms with E-state index in [1.165, 1.54) is 6.92 Å². The van der Waals surface area contributed by atoms with Gasteiger partial charge in [0, 0.05) is 18.2 Å². The van der Waals surface area contributed by atoms with E-state index in [1.54, 1.807) is 7.11 Å². The zero-order chi connectivity index (χ0) is 14.0. The number of rotatable bonds is 6. The van der Waals surface area contributed by atoms with E-state index in [1.807, 2.05) is 18.2 Å². The fourth-order valence-electron chi connectivity index (χ4n) is 2.18. The zero-order valence-corrected chi connectivity index (χ0v) is 12.5. The third-order valence-electron chi connectivity index (χ3n) is 3.33. The number of ether oxygens (including phenoxy) is 2. The zero-order valence-electron chi connectivity index (χ0n) is 10.9. The van der Waals surface area contributed by atoms with Crippen molar-refractivity contribution in [1.29, 1.82) is 0 Å². The number of hydrogen-bond donors (Lipinski definition) is 1. The van der Waals surface area contributed by atoms with Crippen LogP contribution in [0.5, 0.6) is 5.75 Å². The van der Waals surface area contributed by atoms with Crippen molar-refractivity contribution >= 4 is 21.9 Å². The van der Waals surface area contributed by atoms with Gasteiger partial charge in [-0.3, -0.25) is 0 Å². The fraction of sp³-hybridized carbons (Fsp3) is 0.500. The second-order valence-corrected chi connectivity index (χ2v) is 5.75. The summed E-state index contributed by atoms with van der Waals surface area (Å²) in [6.07, 6.45) is 0.210. The van der Waals surface area contributed by atoms with Crippen LogP contribution >= 0.6 is 15.9 Å². The number of methoxy groups -OCH3 is 1. The van der Waals surface area contributed by atoms with Crippen LogP contribution in [-0.2, 0) is 9.53 Å². The normalized spacial score (nSPS) is 22.9. The number of benzene rings is 1. The van der Waals surface area contributed by atoms with Crippen LogP contribution < -0.4 is 4.74 Å². The molecule has 1 saturated carbocycles. The molecule has 3 unspecified atom stereocenters. The van der Waals surface area contributed by atoms with Gasteiger partial charge in [-0.15, -0.1) is 0 Å². The molecule has 1 aliphatic carbocycles. The van der Waals surface area contributed by atoms with Crippen molar-refractivity contribution in [2.75, 3.05) is 13.7 Å². The molecule has 1 aromatic carbocycles. The van der Waals surface area contributed by atoms with Crippen LogP contribution in [0, 0.1) is 5.92 Å². The topological polar surface area (TPSA) is 55.8 Å². The molecule has 0 amide bonds. The predicted octanol–water partition coefficient (Wildman–Crippen LogP) is 3.05. The molecule has 3 atom stereocenters. The first-order valence-electron chi connectivity index (χ1n) is 6.20. The summed E-state index contributed by atoms with van der Waals surface area (Å²) in [6, 6.07) is 5.69. The lowest BCUT2D eigenvalue weighted by Crippen LogP contribution is -2.23. The highest BCUT2D eigenvalue weighted by Gasteiger charge is 2.40. The first kappa shape index (κ1) is 14.3.